The van der Waals surface area contributed by atoms with E-state index in [2.05, 4.69) is 32.7 Å². The second kappa shape index (κ2) is 11.9. The summed E-state index contributed by atoms with van der Waals surface area (Å²) in [7, 11) is 2.87. The number of hydrogen-bond donors (Lipinski definition) is 0. The maximum absolute atomic E-state index is 15.5. The smallest absolute Gasteiger partial charge is 0.306 e. The van der Waals surface area contributed by atoms with E-state index in [1.165, 1.54) is 31.9 Å². The summed E-state index contributed by atoms with van der Waals surface area (Å²) < 4.78 is 46.7. The number of rotatable bonds is 11. The van der Waals surface area contributed by atoms with Crippen molar-refractivity contribution in [2.75, 3.05) is 14.2 Å². The highest BCUT2D eigenvalue weighted by Gasteiger charge is 2.37. The van der Waals surface area contributed by atoms with E-state index in [1.54, 1.807) is 6.07 Å². The second-order valence-electron chi connectivity index (χ2n) is 11.8. The molecule has 0 bridgehead atoms. The van der Waals surface area contributed by atoms with Crippen LogP contribution in [0.3, 0.4) is 0 Å². The number of fused-ring (bicyclic) bond motifs is 1. The predicted molar refractivity (Wildman–Crippen MR) is 152 cm³/mol. The van der Waals surface area contributed by atoms with E-state index in [0.717, 1.165) is 43.0 Å². The average molecular weight is 552 g/mol. The third kappa shape index (κ3) is 6.45. The molecule has 2 aromatic carbocycles. The molecule has 0 amide bonds. The number of carbonyl (C=O) groups is 1. The van der Waals surface area contributed by atoms with Gasteiger partial charge in [-0.05, 0) is 77.6 Å². The van der Waals surface area contributed by atoms with Crippen LogP contribution in [0.5, 0.6) is 11.6 Å². The molecular formula is C33H39F2NO4. The SMILES string of the molecule is CCCC(C)(C)Cc1cc(COc2ccc3c(c2)C(C)(CC(=O)OC)CC3)c(F)cc1-c1cc(OC)ncc1F. The molecule has 0 fully saturated rings. The number of benzene rings is 2. The molecule has 40 heavy (non-hydrogen) atoms. The van der Waals surface area contributed by atoms with Gasteiger partial charge >= 0.3 is 5.97 Å². The molecule has 1 aromatic heterocycles. The monoisotopic (exact) mass is 551 g/mol. The summed E-state index contributed by atoms with van der Waals surface area (Å²) in [5, 5.41) is 0. The van der Waals surface area contributed by atoms with E-state index in [9.17, 15) is 9.18 Å². The number of nitrogens with zero attached hydrogens (tertiary/aromatic N) is 1. The Bertz CT molecular complexity index is 1390. The molecule has 5 nitrogen and oxygen atoms in total. The van der Waals surface area contributed by atoms with Gasteiger partial charge in [0.2, 0.25) is 5.88 Å². The maximum atomic E-state index is 15.5. The molecule has 0 N–H and O–H groups in total. The maximum Gasteiger partial charge on any atom is 0.306 e. The molecule has 1 aliphatic carbocycles. The van der Waals surface area contributed by atoms with Crippen molar-refractivity contribution in [3.05, 3.63) is 76.5 Å². The number of pyridine rings is 1. The zero-order valence-electron chi connectivity index (χ0n) is 24.3. The van der Waals surface area contributed by atoms with Gasteiger partial charge in [-0.25, -0.2) is 13.8 Å². The minimum atomic E-state index is -0.535. The lowest BCUT2D eigenvalue weighted by atomic mass is 9.79. The largest absolute Gasteiger partial charge is 0.489 e. The van der Waals surface area contributed by atoms with Crippen LogP contribution in [-0.4, -0.2) is 25.2 Å². The fraction of sp³-hybridized carbons (Fsp3) is 0.455. The van der Waals surface area contributed by atoms with E-state index in [1.807, 2.05) is 18.2 Å². The fourth-order valence-corrected chi connectivity index (χ4v) is 5.90. The summed E-state index contributed by atoms with van der Waals surface area (Å²) in [5.41, 5.74) is 3.82. The molecule has 1 unspecified atom stereocenters. The number of aromatic nitrogens is 1. The van der Waals surface area contributed by atoms with E-state index in [-0.39, 0.29) is 34.8 Å². The molecule has 0 saturated carbocycles. The van der Waals surface area contributed by atoms with Crippen molar-refractivity contribution in [2.45, 2.75) is 78.2 Å². The normalized spacial score (nSPS) is 16.5. The van der Waals surface area contributed by atoms with Crippen LogP contribution in [0.2, 0.25) is 0 Å². The Morgan fingerprint density at radius 2 is 1.82 bits per heavy atom. The molecule has 1 atom stereocenters. The van der Waals surface area contributed by atoms with Crippen molar-refractivity contribution < 1.29 is 27.8 Å². The van der Waals surface area contributed by atoms with Crippen LogP contribution in [-0.2, 0) is 34.4 Å². The predicted octanol–water partition coefficient (Wildman–Crippen LogP) is 7.75. The highest BCUT2D eigenvalue weighted by Crippen LogP contribution is 2.43. The van der Waals surface area contributed by atoms with Crippen LogP contribution in [0.4, 0.5) is 8.78 Å². The van der Waals surface area contributed by atoms with Gasteiger partial charge in [-0.3, -0.25) is 4.79 Å². The minimum Gasteiger partial charge on any atom is -0.489 e. The van der Waals surface area contributed by atoms with Crippen LogP contribution in [0, 0.1) is 17.0 Å². The van der Waals surface area contributed by atoms with Crippen LogP contribution in [0.15, 0.2) is 42.6 Å². The van der Waals surface area contributed by atoms with Crippen molar-refractivity contribution >= 4 is 5.97 Å². The summed E-state index contributed by atoms with van der Waals surface area (Å²) in [6.07, 6.45) is 5.74. The second-order valence-corrected chi connectivity index (χ2v) is 11.8. The zero-order chi connectivity index (χ0) is 29.1. The molecular weight excluding hydrogens is 512 g/mol. The molecule has 0 saturated heterocycles. The Kier molecular flexibility index (Phi) is 8.81. The summed E-state index contributed by atoms with van der Waals surface area (Å²) in [5.74, 6) is -0.381. The quantitative estimate of drug-likeness (QED) is 0.228. The number of aryl methyl sites for hydroxylation is 1. The van der Waals surface area contributed by atoms with Gasteiger partial charge in [0, 0.05) is 22.6 Å². The van der Waals surface area contributed by atoms with Crippen LogP contribution in [0.25, 0.3) is 11.1 Å². The first kappa shape index (κ1) is 29.5. The highest BCUT2D eigenvalue weighted by atomic mass is 19.1. The molecule has 0 spiro atoms. The topological polar surface area (TPSA) is 57.7 Å². The molecule has 0 aliphatic heterocycles. The third-order valence-corrected chi connectivity index (χ3v) is 8.03. The summed E-state index contributed by atoms with van der Waals surface area (Å²) >= 11 is 0. The number of ether oxygens (including phenoxy) is 3. The van der Waals surface area contributed by atoms with E-state index < -0.39 is 11.6 Å². The third-order valence-electron chi connectivity index (χ3n) is 8.03. The number of methoxy groups -OCH3 is 2. The van der Waals surface area contributed by atoms with Crippen molar-refractivity contribution in [3.8, 4) is 22.8 Å². The standard InChI is InChI=1S/C33H39F2NO4/c1-7-11-32(2,3)17-22-13-23(28(34)15-25(22)26-16-30(38-5)36-19-29(26)35)20-40-24-9-8-21-10-12-33(4,27(21)14-24)18-31(37)39-6/h8-9,13-16,19H,7,10-12,17-18,20H2,1-6H3. The highest BCUT2D eigenvalue weighted by molar-refractivity contribution is 5.72. The lowest BCUT2D eigenvalue weighted by molar-refractivity contribution is -0.142. The zero-order valence-corrected chi connectivity index (χ0v) is 24.3. The first-order chi connectivity index (χ1) is 19.0. The van der Waals surface area contributed by atoms with Gasteiger partial charge in [-0.1, -0.05) is 40.2 Å². The lowest BCUT2D eigenvalue weighted by Crippen LogP contribution is -2.23. The van der Waals surface area contributed by atoms with Gasteiger partial charge in [0.15, 0.2) is 0 Å². The molecule has 4 rings (SSSR count). The van der Waals surface area contributed by atoms with Crippen LogP contribution >= 0.6 is 0 Å². The molecule has 0 radical (unpaired) electrons. The molecule has 3 aromatic rings. The van der Waals surface area contributed by atoms with E-state index in [4.69, 9.17) is 14.2 Å². The first-order valence-electron chi connectivity index (χ1n) is 13.8. The number of halogens is 2. The summed E-state index contributed by atoms with van der Waals surface area (Å²) in [4.78, 5) is 16.0. The van der Waals surface area contributed by atoms with Crippen LogP contribution in [0.1, 0.15) is 75.6 Å². The Labute approximate surface area is 235 Å². The van der Waals surface area contributed by atoms with Gasteiger partial charge in [0.25, 0.3) is 0 Å². The minimum absolute atomic E-state index is 0.0158. The lowest BCUT2D eigenvalue weighted by Gasteiger charge is -2.26. The van der Waals surface area contributed by atoms with E-state index >= 15 is 4.39 Å². The number of esters is 1. The van der Waals surface area contributed by atoms with Gasteiger partial charge in [-0.2, -0.15) is 0 Å². The Morgan fingerprint density at radius 1 is 1.05 bits per heavy atom. The van der Waals surface area contributed by atoms with Crippen molar-refractivity contribution in [1.29, 1.82) is 0 Å². The summed E-state index contributed by atoms with van der Waals surface area (Å²) in [6, 6.07) is 10.6. The molecule has 1 heterocycles. The van der Waals surface area contributed by atoms with Crippen molar-refractivity contribution in [3.63, 3.8) is 0 Å². The fourth-order valence-electron chi connectivity index (χ4n) is 5.90. The van der Waals surface area contributed by atoms with Crippen LogP contribution < -0.4 is 9.47 Å². The first-order valence-corrected chi connectivity index (χ1v) is 13.8. The Morgan fingerprint density at radius 3 is 2.52 bits per heavy atom. The Balaban J connectivity index is 1.66. The van der Waals surface area contributed by atoms with Gasteiger partial charge in [0.05, 0.1) is 26.8 Å². The summed E-state index contributed by atoms with van der Waals surface area (Å²) in [6.45, 7) is 8.54. The number of carbonyl (C=O) groups excluding carboxylic acids is 1. The number of hydrogen-bond acceptors (Lipinski definition) is 5. The Hall–Kier alpha value is -3.48. The van der Waals surface area contributed by atoms with Gasteiger partial charge < -0.3 is 14.2 Å². The average Bonchev–Trinajstić information content (AvgIpc) is 3.24. The van der Waals surface area contributed by atoms with Crippen molar-refractivity contribution in [1.82, 2.24) is 4.98 Å². The van der Waals surface area contributed by atoms with Gasteiger partial charge in [-0.15, -0.1) is 0 Å². The van der Waals surface area contributed by atoms with E-state index in [0.29, 0.717) is 29.7 Å². The van der Waals surface area contributed by atoms with Gasteiger partial charge in [0.1, 0.15) is 24.0 Å². The molecule has 1 aliphatic rings. The molecule has 214 valence electrons. The molecule has 7 heteroatoms. The van der Waals surface area contributed by atoms with Crippen molar-refractivity contribution in [2.24, 2.45) is 5.41 Å².